The summed E-state index contributed by atoms with van der Waals surface area (Å²) in [5, 5.41) is 3.90. The number of halogens is 3. The minimum absolute atomic E-state index is 0.224. The molecule has 0 spiro atoms. The van der Waals surface area contributed by atoms with Gasteiger partial charge in [-0.2, -0.15) is 34.3 Å². The van der Waals surface area contributed by atoms with Crippen molar-refractivity contribution in [1.29, 1.82) is 0 Å². The lowest BCUT2D eigenvalue weighted by Crippen LogP contribution is -2.16. The van der Waals surface area contributed by atoms with Gasteiger partial charge in [0.15, 0.2) is 0 Å². The first-order valence-corrected chi connectivity index (χ1v) is 7.25. The van der Waals surface area contributed by atoms with Crippen LogP contribution >= 0.6 is 23.3 Å². The standard InChI is InChI=1S/C9H12F3N3S2/c1-16-6-3-2-5(4-6)13-8-14-7(15-17-8)9(10,11)12/h5-6H,2-4H2,1H3,(H,13,14,15). The Balaban J connectivity index is 1.94. The van der Waals surface area contributed by atoms with Crippen LogP contribution < -0.4 is 5.32 Å². The van der Waals surface area contributed by atoms with Crippen LogP contribution in [0.2, 0.25) is 0 Å². The lowest BCUT2D eigenvalue weighted by molar-refractivity contribution is -0.144. The molecule has 0 aliphatic heterocycles. The zero-order valence-corrected chi connectivity index (χ0v) is 10.8. The topological polar surface area (TPSA) is 37.8 Å². The van der Waals surface area contributed by atoms with E-state index in [0.717, 1.165) is 30.8 Å². The van der Waals surface area contributed by atoms with Crippen molar-refractivity contribution in [3.05, 3.63) is 5.82 Å². The maximum absolute atomic E-state index is 12.3. The van der Waals surface area contributed by atoms with Crippen molar-refractivity contribution in [3.8, 4) is 0 Å². The lowest BCUT2D eigenvalue weighted by atomic mass is 10.3. The highest BCUT2D eigenvalue weighted by Crippen LogP contribution is 2.32. The van der Waals surface area contributed by atoms with Crippen LogP contribution in [0, 0.1) is 0 Å². The molecule has 2 atom stereocenters. The normalized spacial score (nSPS) is 25.2. The lowest BCUT2D eigenvalue weighted by Gasteiger charge is -2.10. The highest BCUT2D eigenvalue weighted by Gasteiger charge is 2.36. The van der Waals surface area contributed by atoms with Crippen LogP contribution in [-0.2, 0) is 6.18 Å². The molecule has 1 heterocycles. The van der Waals surface area contributed by atoms with Crippen molar-refractivity contribution in [2.75, 3.05) is 11.6 Å². The maximum Gasteiger partial charge on any atom is 0.452 e. The second-order valence-electron chi connectivity index (χ2n) is 3.93. The Morgan fingerprint density at radius 2 is 2.18 bits per heavy atom. The van der Waals surface area contributed by atoms with E-state index in [1.165, 1.54) is 0 Å². The number of nitrogens with one attached hydrogen (secondary N) is 1. The second kappa shape index (κ2) is 5.01. The Morgan fingerprint density at radius 1 is 1.41 bits per heavy atom. The molecule has 1 aromatic rings. The highest BCUT2D eigenvalue weighted by molar-refractivity contribution is 7.99. The molecule has 1 aliphatic rings. The van der Waals surface area contributed by atoms with E-state index in [1.807, 2.05) is 0 Å². The van der Waals surface area contributed by atoms with Crippen molar-refractivity contribution >= 4 is 28.4 Å². The number of aromatic nitrogens is 2. The van der Waals surface area contributed by atoms with Gasteiger partial charge in [-0.1, -0.05) is 0 Å². The average molecular weight is 283 g/mol. The molecule has 2 rings (SSSR count). The fourth-order valence-electron chi connectivity index (χ4n) is 1.86. The molecule has 3 nitrogen and oxygen atoms in total. The minimum atomic E-state index is -4.45. The van der Waals surface area contributed by atoms with Crippen molar-refractivity contribution in [2.45, 2.75) is 36.7 Å². The van der Waals surface area contributed by atoms with Crippen LogP contribution in [0.1, 0.15) is 25.1 Å². The molecule has 1 fully saturated rings. The van der Waals surface area contributed by atoms with Gasteiger partial charge in [0.2, 0.25) is 11.0 Å². The van der Waals surface area contributed by atoms with Gasteiger partial charge < -0.3 is 5.32 Å². The molecule has 0 saturated heterocycles. The second-order valence-corrected chi connectivity index (χ2v) is 5.82. The molecule has 2 unspecified atom stereocenters. The quantitative estimate of drug-likeness (QED) is 0.924. The predicted molar refractivity (Wildman–Crippen MR) is 63.5 cm³/mol. The van der Waals surface area contributed by atoms with Crippen LogP contribution in [0.4, 0.5) is 18.3 Å². The van der Waals surface area contributed by atoms with E-state index in [4.69, 9.17) is 0 Å². The van der Waals surface area contributed by atoms with Crippen molar-refractivity contribution < 1.29 is 13.2 Å². The third kappa shape index (κ3) is 3.25. The third-order valence-electron chi connectivity index (χ3n) is 2.73. The van der Waals surface area contributed by atoms with Gasteiger partial charge in [0.05, 0.1) is 0 Å². The Bertz CT molecular complexity index is 380. The molecule has 0 aromatic carbocycles. The summed E-state index contributed by atoms with van der Waals surface area (Å²) in [6.45, 7) is 0. The van der Waals surface area contributed by atoms with E-state index >= 15 is 0 Å². The van der Waals surface area contributed by atoms with E-state index in [0.29, 0.717) is 5.25 Å². The molecular formula is C9H12F3N3S2. The Kier molecular flexibility index (Phi) is 3.82. The molecule has 1 aliphatic carbocycles. The first kappa shape index (κ1) is 12.9. The van der Waals surface area contributed by atoms with E-state index in [2.05, 4.69) is 20.9 Å². The number of nitrogens with zero attached hydrogens (tertiary/aromatic N) is 2. The first-order valence-electron chi connectivity index (χ1n) is 5.19. The molecule has 17 heavy (non-hydrogen) atoms. The first-order chi connectivity index (χ1) is 7.99. The molecule has 1 N–H and O–H groups in total. The van der Waals surface area contributed by atoms with E-state index in [1.54, 1.807) is 11.8 Å². The average Bonchev–Trinajstić information content (AvgIpc) is 2.86. The number of rotatable bonds is 3. The van der Waals surface area contributed by atoms with Gasteiger partial charge in [-0.25, -0.2) is 0 Å². The predicted octanol–water partition coefficient (Wildman–Crippen LogP) is 3.25. The van der Waals surface area contributed by atoms with E-state index < -0.39 is 12.0 Å². The molecule has 8 heteroatoms. The van der Waals surface area contributed by atoms with E-state index in [9.17, 15) is 13.2 Å². The number of thioether (sulfide) groups is 1. The monoisotopic (exact) mass is 283 g/mol. The van der Waals surface area contributed by atoms with Crippen molar-refractivity contribution in [3.63, 3.8) is 0 Å². The van der Waals surface area contributed by atoms with Gasteiger partial charge in [-0.3, -0.25) is 0 Å². The molecule has 0 amide bonds. The summed E-state index contributed by atoms with van der Waals surface area (Å²) < 4.78 is 40.2. The molecule has 1 aromatic heterocycles. The van der Waals surface area contributed by atoms with Gasteiger partial charge in [-0.15, -0.1) is 0 Å². The van der Waals surface area contributed by atoms with Gasteiger partial charge in [-0.05, 0) is 25.5 Å². The van der Waals surface area contributed by atoms with Crippen molar-refractivity contribution in [2.24, 2.45) is 0 Å². The highest BCUT2D eigenvalue weighted by atomic mass is 32.2. The smallest absolute Gasteiger partial charge is 0.358 e. The molecule has 0 radical (unpaired) electrons. The fraction of sp³-hybridized carbons (Fsp3) is 0.778. The van der Waals surface area contributed by atoms with Crippen LogP contribution in [0.3, 0.4) is 0 Å². The number of hydrogen-bond donors (Lipinski definition) is 1. The minimum Gasteiger partial charge on any atom is -0.358 e. The molecular weight excluding hydrogens is 271 g/mol. The SMILES string of the molecule is CSC1CCC(Nc2nc(C(F)(F)F)ns2)C1. The zero-order chi connectivity index (χ0) is 12.5. The Labute approximate surface area is 105 Å². The molecule has 1 saturated carbocycles. The Morgan fingerprint density at radius 3 is 2.71 bits per heavy atom. The van der Waals surface area contributed by atoms with Gasteiger partial charge in [0.1, 0.15) is 0 Å². The summed E-state index contributed by atoms with van der Waals surface area (Å²) in [5.74, 6) is -1.05. The number of alkyl halides is 3. The summed E-state index contributed by atoms with van der Waals surface area (Å²) in [4.78, 5) is 3.46. The van der Waals surface area contributed by atoms with Crippen LogP contribution in [0.15, 0.2) is 0 Å². The van der Waals surface area contributed by atoms with Crippen LogP contribution in [0.25, 0.3) is 0 Å². The zero-order valence-electron chi connectivity index (χ0n) is 9.12. The summed E-state index contributed by atoms with van der Waals surface area (Å²) in [6.07, 6.45) is 0.659. The largest absolute Gasteiger partial charge is 0.452 e. The number of anilines is 1. The fourth-order valence-corrected chi connectivity index (χ4v) is 3.32. The van der Waals surface area contributed by atoms with Gasteiger partial charge >= 0.3 is 6.18 Å². The van der Waals surface area contributed by atoms with E-state index in [-0.39, 0.29) is 11.2 Å². The van der Waals surface area contributed by atoms with Crippen LogP contribution in [-0.4, -0.2) is 26.9 Å². The summed E-state index contributed by atoms with van der Waals surface area (Å²) in [5.41, 5.74) is 0. The maximum atomic E-state index is 12.3. The molecule has 0 bridgehead atoms. The van der Waals surface area contributed by atoms with Crippen molar-refractivity contribution in [1.82, 2.24) is 9.36 Å². The molecule has 96 valence electrons. The third-order valence-corrected chi connectivity index (χ3v) is 4.47. The van der Waals surface area contributed by atoms with Crippen LogP contribution in [0.5, 0.6) is 0 Å². The summed E-state index contributed by atoms with van der Waals surface area (Å²) in [6, 6.07) is 0.224. The van der Waals surface area contributed by atoms with Gasteiger partial charge in [0.25, 0.3) is 0 Å². The van der Waals surface area contributed by atoms with Gasteiger partial charge in [0, 0.05) is 22.8 Å². The summed E-state index contributed by atoms with van der Waals surface area (Å²) in [7, 11) is 0. The number of hydrogen-bond acceptors (Lipinski definition) is 5. The Hall–Kier alpha value is -0.500. The summed E-state index contributed by atoms with van der Waals surface area (Å²) >= 11 is 2.58.